The maximum atomic E-state index is 13.3. The van der Waals surface area contributed by atoms with E-state index in [1.54, 1.807) is 45.9 Å². The number of carbonyl (C=O) groups excluding carboxylic acids is 12. The zero-order valence-electron chi connectivity index (χ0n) is 85.2. The van der Waals surface area contributed by atoms with Crippen molar-refractivity contribution in [2.24, 2.45) is 17.4 Å². The van der Waals surface area contributed by atoms with Crippen LogP contribution < -0.4 is 41.6 Å². The molecular formula is C110H133Cl2N9O26. The molecule has 0 aromatic heterocycles. The fraction of sp³-hybridized carbons (Fsp3) is 0.509. The highest BCUT2D eigenvalue weighted by atomic mass is 35.5. The van der Waals surface area contributed by atoms with E-state index in [1.165, 1.54) is 26.3 Å². The molecule has 6 bridgehead atoms. The number of piperidine rings is 3. The van der Waals surface area contributed by atoms with Crippen molar-refractivity contribution in [3.05, 3.63) is 230 Å². The first kappa shape index (κ1) is 109. The van der Waals surface area contributed by atoms with E-state index in [-0.39, 0.29) is 87.5 Å². The number of esters is 6. The lowest BCUT2D eigenvalue weighted by atomic mass is 9.50. The number of alkyl carbamates (subject to hydrolysis) is 1. The fourth-order valence-corrected chi connectivity index (χ4v) is 23.6. The van der Waals surface area contributed by atoms with E-state index >= 15 is 0 Å². The maximum Gasteiger partial charge on any atom is 0.408 e. The lowest BCUT2D eigenvalue weighted by Crippen LogP contribution is -2.74. The molecule has 4 saturated heterocycles. The molecule has 35 nitrogen and oxygen atoms in total. The Labute approximate surface area is 864 Å². The number of benzene rings is 6. The Hall–Kier alpha value is -12.2. The molecule has 788 valence electrons. The first-order chi connectivity index (χ1) is 69.9. The van der Waals surface area contributed by atoms with Gasteiger partial charge in [-0.1, -0.05) is 134 Å². The largest absolute Gasteiger partial charge is 0.481 e. The number of halogens is 2. The van der Waals surface area contributed by atoms with Gasteiger partial charge in [0.25, 0.3) is 11.8 Å². The molecule has 6 aliphatic carbocycles. The van der Waals surface area contributed by atoms with Gasteiger partial charge in [-0.15, -0.1) is 28.3 Å². The molecule has 6 aromatic rings. The van der Waals surface area contributed by atoms with Crippen molar-refractivity contribution in [3.8, 4) is 17.2 Å². The van der Waals surface area contributed by atoms with E-state index in [9.17, 15) is 72.9 Å². The highest BCUT2D eigenvalue weighted by Gasteiger charge is 2.75. The molecule has 19 rings (SSSR count). The van der Waals surface area contributed by atoms with Crippen molar-refractivity contribution in [2.75, 3.05) is 65.8 Å². The van der Waals surface area contributed by atoms with Crippen LogP contribution in [0.15, 0.2) is 163 Å². The molecule has 37 heteroatoms. The van der Waals surface area contributed by atoms with E-state index in [4.69, 9.17) is 86.9 Å². The molecule has 4 fully saturated rings. The molecule has 5 amide bonds. The van der Waals surface area contributed by atoms with Crippen LogP contribution >= 0.6 is 23.2 Å². The molecule has 0 radical (unpaired) electrons. The molecular weight excluding hydrogens is 1930 g/mol. The van der Waals surface area contributed by atoms with Crippen molar-refractivity contribution in [1.29, 1.82) is 0 Å². The van der Waals surface area contributed by atoms with Crippen LogP contribution in [0.1, 0.15) is 186 Å². The lowest BCUT2D eigenvalue weighted by molar-refractivity contribution is -0.200. The number of rotatable bonds is 28. The number of likely N-dealkylation sites (tertiary alicyclic amines) is 3. The third kappa shape index (κ3) is 21.5. The van der Waals surface area contributed by atoms with Crippen molar-refractivity contribution in [1.82, 2.24) is 35.7 Å². The number of nitrogens with zero attached hydrogens (tertiary/aromatic N) is 4. The molecule has 10 N–H and O–H groups in total. The number of hydrogen-bond donors (Lipinski definition) is 8. The monoisotopic (exact) mass is 2070 g/mol. The van der Waals surface area contributed by atoms with Gasteiger partial charge < -0.3 is 110 Å². The average molecular weight is 2070 g/mol. The maximum absolute atomic E-state index is 13.3. The predicted molar refractivity (Wildman–Crippen MR) is 537 cm³/mol. The van der Waals surface area contributed by atoms with Gasteiger partial charge in [0, 0.05) is 93.0 Å². The number of hydrogen-bond acceptors (Lipinski definition) is 31. The number of nitrogens with two attached hydrogens (primary N) is 2. The summed E-state index contributed by atoms with van der Waals surface area (Å²) < 4.78 is 58.2. The van der Waals surface area contributed by atoms with E-state index in [1.807, 2.05) is 138 Å². The van der Waals surface area contributed by atoms with Crippen molar-refractivity contribution in [3.63, 3.8) is 0 Å². The zero-order chi connectivity index (χ0) is 106. The van der Waals surface area contributed by atoms with Crippen LogP contribution in [0.5, 0.6) is 17.2 Å². The summed E-state index contributed by atoms with van der Waals surface area (Å²) >= 11 is 9.53. The average Bonchev–Trinajstić information content (AvgIpc) is 1.57. The van der Waals surface area contributed by atoms with Crippen molar-refractivity contribution in [2.45, 2.75) is 284 Å². The van der Waals surface area contributed by atoms with Crippen LogP contribution in [0.25, 0.3) is 0 Å². The number of likely N-dealkylation sites (N-methyl/N-ethyl adjacent to an activating group) is 3. The third-order valence-corrected chi connectivity index (χ3v) is 30.8. The van der Waals surface area contributed by atoms with E-state index in [0.29, 0.717) is 80.1 Å². The van der Waals surface area contributed by atoms with Gasteiger partial charge in [0.2, 0.25) is 11.8 Å². The fourth-order valence-electron chi connectivity index (χ4n) is 23.6. The summed E-state index contributed by atoms with van der Waals surface area (Å²) in [5.41, 5.74) is 17.6. The number of carbonyl (C=O) groups is 12. The molecule has 3 spiro atoms. The second kappa shape index (κ2) is 44.7. The quantitative estimate of drug-likeness (QED) is 0.00981. The summed E-state index contributed by atoms with van der Waals surface area (Å²) in [4.78, 5) is 160. The number of imide groups is 1. The molecule has 6 aromatic carbocycles. The minimum Gasteiger partial charge on any atom is -0.481 e. The van der Waals surface area contributed by atoms with Gasteiger partial charge >= 0.3 is 47.9 Å². The van der Waals surface area contributed by atoms with Gasteiger partial charge in [-0.2, -0.15) is 0 Å². The molecule has 0 saturated carbocycles. The van der Waals surface area contributed by atoms with Gasteiger partial charge in [0.1, 0.15) is 46.2 Å². The van der Waals surface area contributed by atoms with Gasteiger partial charge in [0.05, 0.1) is 69.6 Å². The molecule has 147 heavy (non-hydrogen) atoms. The molecule has 7 heterocycles. The van der Waals surface area contributed by atoms with Crippen molar-refractivity contribution < 1.29 is 125 Å². The van der Waals surface area contributed by atoms with Crippen LogP contribution in [-0.4, -0.2) is 262 Å². The van der Waals surface area contributed by atoms with Gasteiger partial charge in [-0.3, -0.25) is 33.6 Å². The summed E-state index contributed by atoms with van der Waals surface area (Å²) in [5.74, 6) is -3.50. The normalized spacial score (nSPS) is 26.5. The predicted octanol–water partition coefficient (Wildman–Crippen LogP) is 9.20. The van der Waals surface area contributed by atoms with Gasteiger partial charge in [0.15, 0.2) is 36.6 Å². The smallest absolute Gasteiger partial charge is 0.408 e. The lowest BCUT2D eigenvalue weighted by Gasteiger charge is -2.61. The Morgan fingerprint density at radius 1 is 0.476 bits per heavy atom. The van der Waals surface area contributed by atoms with Crippen LogP contribution in [0.4, 0.5) is 4.79 Å². The summed E-state index contributed by atoms with van der Waals surface area (Å²) in [7, 11) is 6.13. The summed E-state index contributed by atoms with van der Waals surface area (Å²) in [6.45, 7) is 19.6. The number of alkyl halides is 2. The number of amides is 5. The Bertz CT molecular complexity index is 6110. The molecule has 7 aliphatic heterocycles. The third-order valence-electron chi connectivity index (χ3n) is 30.8. The van der Waals surface area contributed by atoms with Gasteiger partial charge in [-0.25, -0.2) is 24.0 Å². The Morgan fingerprint density at radius 2 is 0.810 bits per heavy atom. The second-order valence-corrected chi connectivity index (χ2v) is 42.2. The van der Waals surface area contributed by atoms with Gasteiger partial charge in [-0.05, 0) is 223 Å². The summed E-state index contributed by atoms with van der Waals surface area (Å²) in [6.07, 6.45) is 5.21. The Morgan fingerprint density at radius 3 is 1.16 bits per heavy atom. The highest BCUT2D eigenvalue weighted by molar-refractivity contribution is 6.40. The Balaban J connectivity index is 0.000000152. The van der Waals surface area contributed by atoms with Crippen molar-refractivity contribution >= 4 is 94.7 Å². The summed E-state index contributed by atoms with van der Waals surface area (Å²) in [6, 6.07) is 38.7. The van der Waals surface area contributed by atoms with E-state index in [2.05, 4.69) is 62.0 Å². The first-order valence-corrected chi connectivity index (χ1v) is 51.3. The topological polar surface area (TPSA) is 468 Å². The van der Waals surface area contributed by atoms with Crippen LogP contribution in [0.2, 0.25) is 0 Å². The second-order valence-electron chi connectivity index (χ2n) is 41.4. The molecule has 18 atom stereocenters. The zero-order valence-corrected chi connectivity index (χ0v) is 86.7. The SMILES string of the molecule is C[C@@H](Cc1ccccc1)C(=O)ON1C(=O)CCC1=O.Cc1ccc2c3c1O[C@H]1C(OC(=O)[C@H](C)OC(=O)CCN)=CC[C@@]4(O)[C@@H](C2)N(C)CC[C@]314.Cc1ccc2c3c1O[C@H]1C(OC(=O)[C@H](C)OC(=O)CCNC(=O)[C@@H](N)Cc4ccccc4)=CC[C@@]4(O)[C@@H](C2)N(C)CC[C@]314.Cc1ccc2c3c1O[C@H]1C(OC(=O)[C@H](C)OC(=O)CCNC(=O)[C@H](Cc4ccccc4)NC(=O)OC(C)(C)C)=CC[C@@]4(O)[C@@H](C2)N(C)CC[C@]314.ClCCl. The minimum absolute atomic E-state index is 0.0274. The number of hydroxylamine groups is 2. The number of aryl methyl sites for hydroxylation is 3. The van der Waals surface area contributed by atoms with E-state index in [0.717, 1.165) is 111 Å². The molecule has 0 unspecified atom stereocenters. The minimum atomic E-state index is -1.24. The Kier molecular flexibility index (Phi) is 33.2. The van der Waals surface area contributed by atoms with Crippen LogP contribution in [0, 0.1) is 26.7 Å². The van der Waals surface area contributed by atoms with Crippen LogP contribution in [-0.2, 0) is 146 Å². The van der Waals surface area contributed by atoms with Crippen LogP contribution in [0.3, 0.4) is 0 Å². The number of aliphatic hydroxyl groups is 3. The first-order valence-electron chi connectivity index (χ1n) is 50.2. The number of ether oxygens (including phenoxy) is 10. The standard InChI is InChI=1S/C38H47N3O9.C33H39N3O7.C24H30N2O6.C14H15NO4.CH2Cl2/c1-22-12-13-25-21-28-38(46)16-14-27(32-37(38,17-19-41(28)6)30(25)31(22)49-32)48-34(44)23(2)47-29(42)15-18-39-33(43)26(20-24-10-8-7-9-11-24)40-35(45)50-36(3,4)5;1-19-9-10-22-18-25-33(40)13-11-24(29-32(33,14-16-36(25)3)27(22)28(19)43-29)42-31(39)20(2)41-26(37)12-15-35-30(38)23(34)17-21-7-5-4-6-8-21;1-13-4-5-15-12-17-24(29)8-6-16(31-22(28)14(2)30-18(27)7-10-25)21-23(24,9-11-26(17)3)19(15)20(13)32-21;1-10(9-11-5-3-2-4-6-11)14(18)19-15-12(16)7-8-13(15)17;2-1-3/h7-14,23,26,28,32,46H,15-21H2,1-6H3,(H,39,43)(H,40,45);4-11,20,23,25,29,40H,12-18,34H2,1-3H3,(H,35,38);4-6,14,17,21,29H,7-12,25H2,1-3H3;2-6,10H,7-9H2,1H3;1H2/t23-,26-,28+,32-,37-,38+;20-,23-,25+,29-,32-,33+;14-,17+,21-,23-,24+;10-;/m0000./s1. The summed E-state index contributed by atoms with van der Waals surface area (Å²) in [5, 5.41) is 45.4. The molecule has 13 aliphatic rings. The highest BCUT2D eigenvalue weighted by Crippen LogP contribution is 2.68. The van der Waals surface area contributed by atoms with E-state index < -0.39 is 159 Å². The number of nitrogens with one attached hydrogen (secondary N) is 3.